The van der Waals surface area contributed by atoms with Crippen LogP contribution in [0.2, 0.25) is 0 Å². The molecule has 2 atom stereocenters. The molecule has 1 aliphatic rings. The number of ether oxygens (including phenoxy) is 2. The summed E-state index contributed by atoms with van der Waals surface area (Å²) >= 11 is 0. The Morgan fingerprint density at radius 3 is 2.18 bits per heavy atom. The smallest absolute Gasteiger partial charge is 0.338 e. The maximum absolute atomic E-state index is 13.4. The van der Waals surface area contributed by atoms with Crippen LogP contribution in [0.15, 0.2) is 48.5 Å². The van der Waals surface area contributed by atoms with Gasteiger partial charge in [0.05, 0.1) is 31.4 Å². The summed E-state index contributed by atoms with van der Waals surface area (Å²) in [4.78, 5) is 54.0. The number of esters is 1. The predicted molar refractivity (Wildman–Crippen MR) is 122 cm³/mol. The summed E-state index contributed by atoms with van der Waals surface area (Å²) in [6, 6.07) is 11.6. The van der Waals surface area contributed by atoms with E-state index < -0.39 is 23.8 Å². The Morgan fingerprint density at radius 1 is 1.03 bits per heavy atom. The van der Waals surface area contributed by atoms with Gasteiger partial charge in [-0.2, -0.15) is 0 Å². The van der Waals surface area contributed by atoms with Crippen LogP contribution < -0.4 is 9.64 Å². The topological polar surface area (TPSA) is 93.2 Å². The van der Waals surface area contributed by atoms with Crippen LogP contribution in [0.1, 0.15) is 54.3 Å². The minimum absolute atomic E-state index is 0.106. The normalized spacial score (nSPS) is 16.5. The number of hydrogen-bond donors (Lipinski definition) is 0. The SMILES string of the molecule is CCOC(=O)c1ccc(N2C(=O)CC(N(C(=O)c3ccc(OC)cc3)C(C)CC)C2=O)cc1. The molecule has 1 fully saturated rings. The molecule has 174 valence electrons. The monoisotopic (exact) mass is 452 g/mol. The van der Waals surface area contributed by atoms with Gasteiger partial charge in [0.1, 0.15) is 11.8 Å². The Labute approximate surface area is 193 Å². The Kier molecular flexibility index (Phi) is 7.48. The average molecular weight is 453 g/mol. The molecule has 0 spiro atoms. The minimum Gasteiger partial charge on any atom is -0.497 e. The lowest BCUT2D eigenvalue weighted by molar-refractivity contribution is -0.122. The first-order valence-electron chi connectivity index (χ1n) is 10.9. The molecule has 0 radical (unpaired) electrons. The molecule has 2 aromatic carbocycles. The first-order chi connectivity index (χ1) is 15.8. The number of anilines is 1. The summed E-state index contributed by atoms with van der Waals surface area (Å²) in [5.74, 6) is -1.05. The van der Waals surface area contributed by atoms with E-state index in [1.54, 1.807) is 38.3 Å². The van der Waals surface area contributed by atoms with Crippen LogP contribution in [-0.4, -0.2) is 54.4 Å². The third-order valence-electron chi connectivity index (χ3n) is 5.73. The van der Waals surface area contributed by atoms with E-state index in [0.717, 1.165) is 4.90 Å². The Hall–Kier alpha value is -3.68. The van der Waals surface area contributed by atoms with E-state index in [1.807, 2.05) is 13.8 Å². The van der Waals surface area contributed by atoms with Gasteiger partial charge in [0.2, 0.25) is 5.91 Å². The number of carbonyl (C=O) groups excluding carboxylic acids is 4. The molecule has 0 aromatic heterocycles. The van der Waals surface area contributed by atoms with Crippen LogP contribution in [0.5, 0.6) is 5.75 Å². The van der Waals surface area contributed by atoms with Crippen molar-refractivity contribution in [1.82, 2.24) is 4.90 Å². The molecule has 3 amide bonds. The molecule has 1 aliphatic heterocycles. The van der Waals surface area contributed by atoms with Gasteiger partial charge in [-0.1, -0.05) is 6.92 Å². The lowest BCUT2D eigenvalue weighted by Gasteiger charge is -2.33. The third-order valence-corrected chi connectivity index (χ3v) is 5.73. The number of amides is 3. The van der Waals surface area contributed by atoms with Gasteiger partial charge in [0.25, 0.3) is 11.8 Å². The highest BCUT2D eigenvalue weighted by molar-refractivity contribution is 6.23. The number of rotatable bonds is 8. The zero-order chi connectivity index (χ0) is 24.1. The number of hydrogen-bond acceptors (Lipinski definition) is 6. The number of imide groups is 1. The summed E-state index contributed by atoms with van der Waals surface area (Å²) in [7, 11) is 1.54. The maximum atomic E-state index is 13.4. The minimum atomic E-state index is -0.910. The van der Waals surface area contributed by atoms with E-state index in [1.165, 1.54) is 29.2 Å². The van der Waals surface area contributed by atoms with Crippen molar-refractivity contribution in [3.63, 3.8) is 0 Å². The lowest BCUT2D eigenvalue weighted by Crippen LogP contribution is -2.49. The van der Waals surface area contributed by atoms with Crippen LogP contribution in [0, 0.1) is 0 Å². The van der Waals surface area contributed by atoms with Crippen molar-refractivity contribution >= 4 is 29.4 Å². The van der Waals surface area contributed by atoms with E-state index in [-0.39, 0.29) is 25.0 Å². The second-order valence-corrected chi connectivity index (χ2v) is 7.75. The molecular formula is C25H28N2O6. The molecule has 33 heavy (non-hydrogen) atoms. The van der Waals surface area contributed by atoms with E-state index in [9.17, 15) is 19.2 Å². The molecule has 2 aromatic rings. The molecule has 2 unspecified atom stereocenters. The van der Waals surface area contributed by atoms with Gasteiger partial charge in [-0.3, -0.25) is 14.4 Å². The molecule has 0 aliphatic carbocycles. The van der Waals surface area contributed by atoms with Crippen LogP contribution in [0.3, 0.4) is 0 Å². The molecule has 8 heteroatoms. The van der Waals surface area contributed by atoms with Gasteiger partial charge in [-0.15, -0.1) is 0 Å². The van der Waals surface area contributed by atoms with E-state index in [4.69, 9.17) is 9.47 Å². The van der Waals surface area contributed by atoms with Gasteiger partial charge in [0.15, 0.2) is 0 Å². The predicted octanol–water partition coefficient (Wildman–Crippen LogP) is 3.44. The fourth-order valence-corrected chi connectivity index (χ4v) is 3.79. The number of carbonyl (C=O) groups is 4. The highest BCUT2D eigenvalue weighted by Crippen LogP contribution is 2.29. The molecule has 1 heterocycles. The Balaban J connectivity index is 1.87. The van der Waals surface area contributed by atoms with Crippen molar-refractivity contribution < 1.29 is 28.7 Å². The molecule has 0 N–H and O–H groups in total. The zero-order valence-corrected chi connectivity index (χ0v) is 19.2. The van der Waals surface area contributed by atoms with Gasteiger partial charge in [0, 0.05) is 11.6 Å². The van der Waals surface area contributed by atoms with Crippen LogP contribution in [0.25, 0.3) is 0 Å². The van der Waals surface area contributed by atoms with Gasteiger partial charge in [-0.05, 0) is 68.8 Å². The number of benzene rings is 2. The summed E-state index contributed by atoms with van der Waals surface area (Å²) in [5, 5.41) is 0. The fourth-order valence-electron chi connectivity index (χ4n) is 3.79. The standard InChI is InChI=1S/C25H28N2O6/c1-5-16(3)26(23(29)17-9-13-20(32-4)14-10-17)21-15-22(28)27(24(21)30)19-11-7-18(8-12-19)25(31)33-6-2/h7-14,16,21H,5-6,15H2,1-4H3. The van der Waals surface area contributed by atoms with Crippen molar-refractivity contribution in [3.05, 3.63) is 59.7 Å². The highest BCUT2D eigenvalue weighted by Gasteiger charge is 2.45. The molecule has 3 rings (SSSR count). The zero-order valence-electron chi connectivity index (χ0n) is 19.2. The largest absolute Gasteiger partial charge is 0.497 e. The van der Waals surface area contributed by atoms with E-state index >= 15 is 0 Å². The second kappa shape index (κ2) is 10.3. The molecule has 1 saturated heterocycles. The number of methoxy groups -OCH3 is 1. The fraction of sp³-hybridized carbons (Fsp3) is 0.360. The quantitative estimate of drug-likeness (QED) is 0.450. The Bertz CT molecular complexity index is 1030. The van der Waals surface area contributed by atoms with E-state index in [2.05, 4.69) is 0 Å². The van der Waals surface area contributed by atoms with Crippen molar-refractivity contribution in [3.8, 4) is 5.75 Å². The van der Waals surface area contributed by atoms with Crippen LogP contribution >= 0.6 is 0 Å². The Morgan fingerprint density at radius 2 is 1.64 bits per heavy atom. The first-order valence-corrected chi connectivity index (χ1v) is 10.9. The highest BCUT2D eigenvalue weighted by atomic mass is 16.5. The third kappa shape index (κ3) is 4.89. The lowest BCUT2D eigenvalue weighted by atomic mass is 10.1. The maximum Gasteiger partial charge on any atom is 0.338 e. The molecule has 0 saturated carbocycles. The van der Waals surface area contributed by atoms with Gasteiger partial charge in [-0.25, -0.2) is 9.69 Å². The molecular weight excluding hydrogens is 424 g/mol. The summed E-state index contributed by atoms with van der Waals surface area (Å²) < 4.78 is 10.1. The van der Waals surface area contributed by atoms with Crippen LogP contribution in [-0.2, 0) is 14.3 Å². The average Bonchev–Trinajstić information content (AvgIpc) is 3.12. The summed E-state index contributed by atoms with van der Waals surface area (Å²) in [6.07, 6.45) is 0.513. The van der Waals surface area contributed by atoms with E-state index in [0.29, 0.717) is 29.0 Å². The summed E-state index contributed by atoms with van der Waals surface area (Å²) in [5.41, 5.74) is 1.09. The molecule has 8 nitrogen and oxygen atoms in total. The van der Waals surface area contributed by atoms with Gasteiger partial charge >= 0.3 is 5.97 Å². The summed E-state index contributed by atoms with van der Waals surface area (Å²) in [6.45, 7) is 5.74. The van der Waals surface area contributed by atoms with Crippen molar-refractivity contribution in [2.75, 3.05) is 18.6 Å². The second-order valence-electron chi connectivity index (χ2n) is 7.75. The molecule has 0 bridgehead atoms. The van der Waals surface area contributed by atoms with Crippen LogP contribution in [0.4, 0.5) is 5.69 Å². The first kappa shape index (κ1) is 24.0. The van der Waals surface area contributed by atoms with Crippen molar-refractivity contribution in [1.29, 1.82) is 0 Å². The van der Waals surface area contributed by atoms with Crippen molar-refractivity contribution in [2.24, 2.45) is 0 Å². The van der Waals surface area contributed by atoms with Crippen molar-refractivity contribution in [2.45, 2.75) is 45.7 Å². The number of nitrogens with zero attached hydrogens (tertiary/aromatic N) is 2. The van der Waals surface area contributed by atoms with Gasteiger partial charge < -0.3 is 14.4 Å².